The molecule has 0 aliphatic carbocycles. The van der Waals surface area contributed by atoms with E-state index in [1.54, 1.807) is 0 Å². The Hall–Kier alpha value is -0.720. The van der Waals surface area contributed by atoms with Crippen molar-refractivity contribution < 1.29 is 4.58 Å². The van der Waals surface area contributed by atoms with E-state index < -0.39 is 0 Å². The van der Waals surface area contributed by atoms with Gasteiger partial charge in [0.05, 0.1) is 6.54 Å². The van der Waals surface area contributed by atoms with Gasteiger partial charge in [-0.05, 0) is 31.6 Å². The third kappa shape index (κ3) is 8.08. The molecule has 2 heterocycles. The molecule has 0 aromatic carbocycles. The van der Waals surface area contributed by atoms with Crippen LogP contribution < -0.4 is 16.0 Å². The number of halogens is 2. The summed E-state index contributed by atoms with van der Waals surface area (Å²) < 4.78 is 2.32. The van der Waals surface area contributed by atoms with E-state index >= 15 is 0 Å². The lowest BCUT2D eigenvalue weighted by molar-refractivity contribution is -0.521. The van der Waals surface area contributed by atoms with Gasteiger partial charge in [-0.1, -0.05) is 23.2 Å². The van der Waals surface area contributed by atoms with Crippen LogP contribution in [-0.4, -0.2) is 68.1 Å². The SMILES string of the molecule is Clc1cc(C=[N+]2CCCNCCNCCCNCC2)cc(Cl)n1. The molecule has 0 bridgehead atoms. The van der Waals surface area contributed by atoms with Crippen LogP contribution in [0.25, 0.3) is 0 Å². The van der Waals surface area contributed by atoms with Crippen LogP contribution in [0.3, 0.4) is 0 Å². The molecular formula is C16H26Cl2N5+. The smallest absolute Gasteiger partial charge is 0.170 e. The second kappa shape index (κ2) is 10.9. The highest BCUT2D eigenvalue weighted by Gasteiger charge is 2.07. The Labute approximate surface area is 148 Å². The van der Waals surface area contributed by atoms with Crippen LogP contribution in [-0.2, 0) is 0 Å². The van der Waals surface area contributed by atoms with E-state index in [9.17, 15) is 0 Å². The van der Waals surface area contributed by atoms with Crippen molar-refractivity contribution >= 4 is 29.4 Å². The number of nitrogens with zero attached hydrogens (tertiary/aromatic N) is 2. The van der Waals surface area contributed by atoms with Crippen molar-refractivity contribution in [3.05, 3.63) is 28.0 Å². The van der Waals surface area contributed by atoms with Gasteiger partial charge in [-0.25, -0.2) is 9.56 Å². The van der Waals surface area contributed by atoms with Gasteiger partial charge in [-0.2, -0.15) is 0 Å². The van der Waals surface area contributed by atoms with Gasteiger partial charge in [0.25, 0.3) is 0 Å². The lowest BCUT2D eigenvalue weighted by Crippen LogP contribution is -2.34. The first-order valence-corrected chi connectivity index (χ1v) is 9.04. The number of pyridine rings is 1. The van der Waals surface area contributed by atoms with Crippen LogP contribution in [0.1, 0.15) is 18.4 Å². The fraction of sp³-hybridized carbons (Fsp3) is 0.625. The maximum Gasteiger partial charge on any atom is 0.170 e. The minimum atomic E-state index is 0.429. The van der Waals surface area contributed by atoms with Gasteiger partial charge >= 0.3 is 0 Å². The first-order chi connectivity index (χ1) is 11.2. The molecule has 1 fully saturated rings. The molecule has 7 heteroatoms. The number of aromatic nitrogens is 1. The summed E-state index contributed by atoms with van der Waals surface area (Å²) in [6.07, 6.45) is 4.37. The highest BCUT2D eigenvalue weighted by molar-refractivity contribution is 6.32. The topological polar surface area (TPSA) is 52.0 Å². The first kappa shape index (κ1) is 18.6. The molecule has 0 unspecified atom stereocenters. The Bertz CT molecular complexity index is 471. The standard InChI is InChI=1S/C16H26Cl2N5/c17-15-11-14(12-16(18)22-15)13-23-9-2-5-20-7-6-19-3-1-4-21-8-10-23/h11-13,19-21H,1-10H2/q+1. The van der Waals surface area contributed by atoms with E-state index in [0.717, 1.165) is 70.8 Å². The third-order valence-corrected chi connectivity index (χ3v) is 4.06. The van der Waals surface area contributed by atoms with Crippen molar-refractivity contribution in [2.75, 3.05) is 52.4 Å². The summed E-state index contributed by atoms with van der Waals surface area (Å²) in [6, 6.07) is 3.69. The quantitative estimate of drug-likeness (QED) is 0.524. The Morgan fingerprint density at radius 2 is 1.43 bits per heavy atom. The van der Waals surface area contributed by atoms with E-state index in [1.165, 1.54) is 0 Å². The van der Waals surface area contributed by atoms with E-state index in [-0.39, 0.29) is 0 Å². The Morgan fingerprint density at radius 1 is 0.826 bits per heavy atom. The maximum atomic E-state index is 5.98. The summed E-state index contributed by atoms with van der Waals surface area (Å²) >= 11 is 12.0. The van der Waals surface area contributed by atoms with Gasteiger partial charge in [-0.3, -0.25) is 0 Å². The molecule has 0 saturated carbocycles. The van der Waals surface area contributed by atoms with E-state index in [2.05, 4.69) is 31.7 Å². The summed E-state index contributed by atoms with van der Waals surface area (Å²) in [7, 11) is 0. The van der Waals surface area contributed by atoms with Crippen LogP contribution in [0.5, 0.6) is 0 Å². The van der Waals surface area contributed by atoms with Gasteiger partial charge in [0.15, 0.2) is 12.8 Å². The predicted octanol–water partition coefficient (Wildman–Crippen LogP) is 1.38. The molecule has 23 heavy (non-hydrogen) atoms. The predicted molar refractivity (Wildman–Crippen MR) is 97.3 cm³/mol. The number of nitrogens with one attached hydrogen (secondary N) is 3. The summed E-state index contributed by atoms with van der Waals surface area (Å²) in [6.45, 7) is 8.12. The molecule has 1 aliphatic heterocycles. The maximum absolute atomic E-state index is 5.98. The molecule has 1 aromatic heterocycles. The normalized spacial score (nSPS) is 21.0. The molecule has 0 atom stereocenters. The van der Waals surface area contributed by atoms with Gasteiger partial charge < -0.3 is 16.0 Å². The van der Waals surface area contributed by atoms with Crippen molar-refractivity contribution in [1.29, 1.82) is 0 Å². The molecule has 0 spiro atoms. The van der Waals surface area contributed by atoms with E-state index in [0.29, 0.717) is 10.3 Å². The Kier molecular flexibility index (Phi) is 8.86. The lowest BCUT2D eigenvalue weighted by atomic mass is 10.3. The second-order valence-corrected chi connectivity index (χ2v) is 6.44. The zero-order valence-electron chi connectivity index (χ0n) is 13.5. The van der Waals surface area contributed by atoms with Gasteiger partial charge in [0, 0.05) is 31.6 Å². The average molecular weight is 359 g/mol. The highest BCUT2D eigenvalue weighted by Crippen LogP contribution is 2.13. The molecule has 1 saturated heterocycles. The van der Waals surface area contributed by atoms with Crippen LogP contribution >= 0.6 is 23.2 Å². The molecule has 2 rings (SSSR count). The van der Waals surface area contributed by atoms with Crippen molar-refractivity contribution in [3.63, 3.8) is 0 Å². The van der Waals surface area contributed by atoms with Crippen molar-refractivity contribution in [1.82, 2.24) is 20.9 Å². The van der Waals surface area contributed by atoms with Gasteiger partial charge in [0.2, 0.25) is 0 Å². The molecule has 5 nitrogen and oxygen atoms in total. The monoisotopic (exact) mass is 358 g/mol. The molecular weight excluding hydrogens is 333 g/mol. The van der Waals surface area contributed by atoms with Crippen molar-refractivity contribution in [2.24, 2.45) is 0 Å². The molecule has 1 aliphatic rings. The molecule has 1 aromatic rings. The molecule has 3 N–H and O–H groups in total. The molecule has 128 valence electrons. The number of rotatable bonds is 1. The minimum absolute atomic E-state index is 0.429. The second-order valence-electron chi connectivity index (χ2n) is 5.67. The number of hydrogen-bond acceptors (Lipinski definition) is 4. The molecule has 0 amide bonds. The van der Waals surface area contributed by atoms with Crippen molar-refractivity contribution in [2.45, 2.75) is 12.8 Å². The van der Waals surface area contributed by atoms with Crippen molar-refractivity contribution in [3.8, 4) is 0 Å². The van der Waals surface area contributed by atoms with Crippen LogP contribution in [0.4, 0.5) is 0 Å². The van der Waals surface area contributed by atoms with Crippen LogP contribution in [0.15, 0.2) is 12.1 Å². The summed E-state index contributed by atoms with van der Waals surface area (Å²) in [4.78, 5) is 3.99. The number of hydrogen-bond donors (Lipinski definition) is 3. The Balaban J connectivity index is 1.98. The van der Waals surface area contributed by atoms with Crippen LogP contribution in [0, 0.1) is 0 Å². The first-order valence-electron chi connectivity index (χ1n) is 8.28. The Morgan fingerprint density at radius 3 is 2.13 bits per heavy atom. The van der Waals surface area contributed by atoms with E-state index in [4.69, 9.17) is 23.2 Å². The van der Waals surface area contributed by atoms with E-state index in [1.807, 2.05) is 12.1 Å². The zero-order chi connectivity index (χ0) is 16.3. The summed E-state index contributed by atoms with van der Waals surface area (Å²) in [5, 5.41) is 11.3. The summed E-state index contributed by atoms with van der Waals surface area (Å²) in [5.74, 6) is 0. The van der Waals surface area contributed by atoms with Crippen LogP contribution in [0.2, 0.25) is 10.3 Å². The third-order valence-electron chi connectivity index (χ3n) is 3.68. The van der Waals surface area contributed by atoms with Gasteiger partial charge in [0.1, 0.15) is 16.9 Å². The fourth-order valence-corrected chi connectivity index (χ4v) is 3.01. The lowest BCUT2D eigenvalue weighted by Gasteiger charge is -2.10. The minimum Gasteiger partial charge on any atom is -0.315 e. The zero-order valence-corrected chi connectivity index (χ0v) is 15.0. The fourth-order valence-electron chi connectivity index (χ4n) is 2.53. The van der Waals surface area contributed by atoms with Gasteiger partial charge in [-0.15, -0.1) is 0 Å². The average Bonchev–Trinajstić information content (AvgIpc) is 2.50. The largest absolute Gasteiger partial charge is 0.315 e. The molecule has 0 radical (unpaired) electrons. The highest BCUT2D eigenvalue weighted by atomic mass is 35.5. The summed E-state index contributed by atoms with van der Waals surface area (Å²) in [5.41, 5.74) is 0.994.